The summed E-state index contributed by atoms with van der Waals surface area (Å²) in [6.45, 7) is 0. The van der Waals surface area contributed by atoms with Gasteiger partial charge in [-0.3, -0.25) is 9.59 Å². The van der Waals surface area contributed by atoms with Gasteiger partial charge in [-0.1, -0.05) is 12.1 Å². The van der Waals surface area contributed by atoms with Gasteiger partial charge in [0.25, 0.3) is 0 Å². The molecule has 2 rings (SSSR count). The van der Waals surface area contributed by atoms with Gasteiger partial charge in [0.1, 0.15) is 0 Å². The van der Waals surface area contributed by atoms with Crippen LogP contribution >= 0.6 is 11.8 Å². The van der Waals surface area contributed by atoms with Gasteiger partial charge in [0, 0.05) is 17.2 Å². The first-order valence-electron chi connectivity index (χ1n) is 6.87. The summed E-state index contributed by atoms with van der Waals surface area (Å²) in [6, 6.07) is 7.69. The molecule has 1 amide bonds. The summed E-state index contributed by atoms with van der Waals surface area (Å²) in [4.78, 5) is 22.9. The van der Waals surface area contributed by atoms with Crippen molar-refractivity contribution in [3.63, 3.8) is 0 Å². The molecule has 0 saturated heterocycles. The molecule has 5 nitrogen and oxygen atoms in total. The Kier molecular flexibility index (Phi) is 5.25. The Hall–Kier alpha value is -1.53. The molecule has 0 spiro atoms. The summed E-state index contributed by atoms with van der Waals surface area (Å²) in [7, 11) is 1.39. The van der Waals surface area contributed by atoms with Crippen molar-refractivity contribution in [2.75, 3.05) is 18.2 Å². The van der Waals surface area contributed by atoms with Crippen molar-refractivity contribution in [2.45, 2.75) is 30.6 Å². The highest BCUT2D eigenvalue weighted by atomic mass is 32.2. The number of esters is 1. The number of nitrogens with one attached hydrogen (secondary N) is 1. The zero-order valence-corrected chi connectivity index (χ0v) is 12.9. The van der Waals surface area contributed by atoms with Crippen LogP contribution in [-0.4, -0.2) is 30.3 Å². The Morgan fingerprint density at radius 3 is 2.86 bits per heavy atom. The first-order chi connectivity index (χ1) is 10.0. The van der Waals surface area contributed by atoms with E-state index in [1.165, 1.54) is 7.11 Å². The fourth-order valence-corrected chi connectivity index (χ4v) is 2.67. The third-order valence-electron chi connectivity index (χ3n) is 3.37. The van der Waals surface area contributed by atoms with Crippen LogP contribution in [-0.2, 0) is 20.1 Å². The van der Waals surface area contributed by atoms with Gasteiger partial charge >= 0.3 is 5.97 Å². The molecule has 0 atom stereocenters. The van der Waals surface area contributed by atoms with E-state index < -0.39 is 5.54 Å². The normalized spacial score (nSPS) is 15.3. The van der Waals surface area contributed by atoms with Crippen LogP contribution in [0.4, 0.5) is 5.69 Å². The Morgan fingerprint density at radius 2 is 2.19 bits per heavy atom. The van der Waals surface area contributed by atoms with Crippen molar-refractivity contribution in [1.29, 1.82) is 0 Å². The van der Waals surface area contributed by atoms with Gasteiger partial charge in [0.2, 0.25) is 5.91 Å². The lowest BCUT2D eigenvalue weighted by Gasteiger charge is -2.11. The maximum absolute atomic E-state index is 11.9. The van der Waals surface area contributed by atoms with Gasteiger partial charge < -0.3 is 15.8 Å². The molecule has 114 valence electrons. The summed E-state index contributed by atoms with van der Waals surface area (Å²) in [5, 5.41) is 2.86. The molecule has 1 aromatic carbocycles. The number of methoxy groups -OCH3 is 1. The summed E-state index contributed by atoms with van der Waals surface area (Å²) < 4.78 is 4.59. The summed E-state index contributed by atoms with van der Waals surface area (Å²) in [5.74, 6) is 1.20. The van der Waals surface area contributed by atoms with E-state index in [0.717, 1.165) is 35.6 Å². The van der Waals surface area contributed by atoms with Gasteiger partial charge in [-0.25, -0.2) is 0 Å². The summed E-state index contributed by atoms with van der Waals surface area (Å²) >= 11 is 1.66. The molecule has 0 unspecified atom stereocenters. The van der Waals surface area contributed by atoms with E-state index >= 15 is 0 Å². The zero-order chi connectivity index (χ0) is 15.3. The number of benzene rings is 1. The lowest BCUT2D eigenvalue weighted by Crippen LogP contribution is -2.37. The van der Waals surface area contributed by atoms with Crippen LogP contribution in [0, 0.1) is 0 Å². The van der Waals surface area contributed by atoms with E-state index in [1.807, 2.05) is 24.3 Å². The molecule has 1 aliphatic rings. The second kappa shape index (κ2) is 6.95. The fraction of sp³-hybridized carbons (Fsp3) is 0.467. The number of ether oxygens (including phenoxy) is 1. The molecule has 1 aliphatic carbocycles. The molecular weight excluding hydrogens is 288 g/mol. The number of carbonyl (C=O) groups is 2. The lowest BCUT2D eigenvalue weighted by atomic mass is 10.2. The molecule has 1 fully saturated rings. The highest BCUT2D eigenvalue weighted by Crippen LogP contribution is 2.33. The van der Waals surface area contributed by atoms with Crippen molar-refractivity contribution >= 4 is 29.3 Å². The number of hydrogen-bond donors (Lipinski definition) is 2. The third-order valence-corrected chi connectivity index (χ3v) is 4.40. The second-order valence-corrected chi connectivity index (χ2v) is 6.29. The highest BCUT2D eigenvalue weighted by Gasteiger charge is 2.45. The number of anilines is 1. The van der Waals surface area contributed by atoms with Crippen molar-refractivity contribution in [3.8, 4) is 0 Å². The smallest absolute Gasteiger partial charge is 0.306 e. The van der Waals surface area contributed by atoms with Crippen molar-refractivity contribution in [1.82, 2.24) is 0 Å². The molecule has 0 radical (unpaired) electrons. The summed E-state index contributed by atoms with van der Waals surface area (Å²) in [5.41, 5.74) is 7.06. The maximum atomic E-state index is 11.9. The van der Waals surface area contributed by atoms with Crippen LogP contribution in [0.15, 0.2) is 24.3 Å². The van der Waals surface area contributed by atoms with Crippen LogP contribution in [0.5, 0.6) is 0 Å². The van der Waals surface area contributed by atoms with Crippen LogP contribution < -0.4 is 11.1 Å². The van der Waals surface area contributed by atoms with Crippen LogP contribution in [0.3, 0.4) is 0 Å². The minimum Gasteiger partial charge on any atom is -0.469 e. The van der Waals surface area contributed by atoms with E-state index in [2.05, 4.69) is 10.1 Å². The highest BCUT2D eigenvalue weighted by molar-refractivity contribution is 7.98. The predicted octanol–water partition coefficient (Wildman–Crippen LogP) is 1.91. The standard InChI is InChI=1S/C15H20N2O3S/c1-20-13(18)5-8-21-10-11-3-2-4-12(9-11)17-14(19)15(16)6-7-15/h2-4,9H,5-8,10,16H2,1H3,(H,17,19). The molecule has 0 aromatic heterocycles. The van der Waals surface area contributed by atoms with Crippen LogP contribution in [0.2, 0.25) is 0 Å². The maximum Gasteiger partial charge on any atom is 0.306 e. The molecule has 0 bridgehead atoms. The fourth-order valence-electron chi connectivity index (χ4n) is 1.80. The van der Waals surface area contributed by atoms with E-state index in [4.69, 9.17) is 5.73 Å². The Bertz CT molecular complexity index is 529. The third kappa shape index (κ3) is 4.75. The number of hydrogen-bond acceptors (Lipinski definition) is 5. The molecule has 1 aromatic rings. The monoisotopic (exact) mass is 308 g/mol. The predicted molar refractivity (Wildman–Crippen MR) is 84.0 cm³/mol. The molecule has 6 heteroatoms. The number of nitrogens with two attached hydrogens (primary N) is 1. The molecule has 21 heavy (non-hydrogen) atoms. The van der Waals surface area contributed by atoms with E-state index in [1.54, 1.807) is 11.8 Å². The molecular formula is C15H20N2O3S. The van der Waals surface area contributed by atoms with Gasteiger partial charge in [-0.15, -0.1) is 0 Å². The van der Waals surface area contributed by atoms with Crippen molar-refractivity contribution < 1.29 is 14.3 Å². The average Bonchev–Trinajstić information content (AvgIpc) is 3.23. The van der Waals surface area contributed by atoms with E-state index in [0.29, 0.717) is 6.42 Å². The minimum absolute atomic E-state index is 0.113. The number of rotatable bonds is 7. The van der Waals surface area contributed by atoms with E-state index in [9.17, 15) is 9.59 Å². The van der Waals surface area contributed by atoms with Crippen molar-refractivity contribution in [3.05, 3.63) is 29.8 Å². The minimum atomic E-state index is -0.661. The van der Waals surface area contributed by atoms with Gasteiger partial charge in [-0.2, -0.15) is 11.8 Å². The lowest BCUT2D eigenvalue weighted by molar-refractivity contribution is -0.140. The molecule has 0 heterocycles. The largest absolute Gasteiger partial charge is 0.469 e. The molecule has 0 aliphatic heterocycles. The zero-order valence-electron chi connectivity index (χ0n) is 12.1. The molecule has 1 saturated carbocycles. The Morgan fingerprint density at radius 1 is 1.43 bits per heavy atom. The number of carbonyl (C=O) groups excluding carboxylic acids is 2. The number of thioether (sulfide) groups is 1. The molecule has 3 N–H and O–H groups in total. The first-order valence-corrected chi connectivity index (χ1v) is 8.03. The Labute approximate surface area is 128 Å². The quantitative estimate of drug-likeness (QED) is 0.594. The van der Waals surface area contributed by atoms with Gasteiger partial charge in [0.15, 0.2) is 0 Å². The number of amides is 1. The SMILES string of the molecule is COC(=O)CCSCc1cccc(NC(=O)C2(N)CC2)c1. The second-order valence-electron chi connectivity index (χ2n) is 5.19. The Balaban J connectivity index is 1.80. The van der Waals surface area contributed by atoms with E-state index in [-0.39, 0.29) is 11.9 Å². The van der Waals surface area contributed by atoms with Crippen LogP contribution in [0.25, 0.3) is 0 Å². The summed E-state index contributed by atoms with van der Waals surface area (Å²) in [6.07, 6.45) is 1.91. The first kappa shape index (κ1) is 15.9. The topological polar surface area (TPSA) is 81.4 Å². The van der Waals surface area contributed by atoms with Gasteiger partial charge in [0.05, 0.1) is 19.1 Å². The van der Waals surface area contributed by atoms with Crippen molar-refractivity contribution in [2.24, 2.45) is 5.73 Å². The average molecular weight is 308 g/mol. The van der Waals surface area contributed by atoms with Crippen LogP contribution in [0.1, 0.15) is 24.8 Å². The van der Waals surface area contributed by atoms with Gasteiger partial charge in [-0.05, 0) is 30.5 Å².